The molecule has 0 spiro atoms. The molecule has 4 nitrogen and oxygen atoms in total. The minimum absolute atomic E-state index is 0.123. The second-order valence-electron chi connectivity index (χ2n) is 6.15. The molecule has 1 saturated carbocycles. The molecule has 5 heteroatoms. The number of amides is 2. The number of aryl methyl sites for hydroxylation is 1. The van der Waals surface area contributed by atoms with Crippen LogP contribution in [0.25, 0.3) is 0 Å². The van der Waals surface area contributed by atoms with E-state index in [1.165, 1.54) is 12.1 Å². The lowest BCUT2D eigenvalue weighted by Crippen LogP contribution is -2.27. The van der Waals surface area contributed by atoms with Gasteiger partial charge in [-0.25, -0.2) is 4.39 Å². The Labute approximate surface area is 140 Å². The minimum Gasteiger partial charge on any atom is -0.352 e. The maximum Gasteiger partial charge on any atom is 0.228 e. The first-order valence-corrected chi connectivity index (χ1v) is 7.92. The average Bonchev–Trinajstić information content (AvgIpc) is 3.35. The van der Waals surface area contributed by atoms with Crippen molar-refractivity contribution in [2.75, 3.05) is 5.32 Å². The molecule has 0 saturated heterocycles. The maximum atomic E-state index is 12.8. The summed E-state index contributed by atoms with van der Waals surface area (Å²) >= 11 is 0. The number of carbonyl (C=O) groups is 2. The van der Waals surface area contributed by atoms with Gasteiger partial charge in [0.2, 0.25) is 11.8 Å². The molecule has 0 radical (unpaired) electrons. The van der Waals surface area contributed by atoms with Gasteiger partial charge < -0.3 is 10.6 Å². The van der Waals surface area contributed by atoms with Crippen LogP contribution in [0.15, 0.2) is 48.5 Å². The zero-order valence-electron chi connectivity index (χ0n) is 13.4. The van der Waals surface area contributed by atoms with Gasteiger partial charge in [-0.2, -0.15) is 0 Å². The highest BCUT2D eigenvalue weighted by Gasteiger charge is 2.47. The zero-order chi connectivity index (χ0) is 17.1. The summed E-state index contributed by atoms with van der Waals surface area (Å²) in [7, 11) is 0. The standard InChI is InChI=1S/C19H19FN2O2/c1-12-3-2-4-15(9-12)22-19(24)17-10-16(17)18(23)21-11-13-5-7-14(20)8-6-13/h2-9,16-17H,10-11H2,1H3,(H,21,23)(H,22,24). The molecule has 0 aliphatic heterocycles. The van der Waals surface area contributed by atoms with E-state index in [2.05, 4.69) is 10.6 Å². The molecule has 1 aliphatic carbocycles. The fraction of sp³-hybridized carbons (Fsp3) is 0.263. The topological polar surface area (TPSA) is 58.2 Å². The summed E-state index contributed by atoms with van der Waals surface area (Å²) in [5.74, 6) is -1.12. The third-order valence-corrected chi connectivity index (χ3v) is 4.13. The van der Waals surface area contributed by atoms with Gasteiger partial charge in [0.05, 0.1) is 11.8 Å². The van der Waals surface area contributed by atoms with Crippen molar-refractivity contribution in [3.8, 4) is 0 Å². The number of rotatable bonds is 5. The van der Waals surface area contributed by atoms with E-state index < -0.39 is 0 Å². The number of hydrogen-bond acceptors (Lipinski definition) is 2. The Hall–Kier alpha value is -2.69. The van der Waals surface area contributed by atoms with Crippen LogP contribution in [0.5, 0.6) is 0 Å². The summed E-state index contributed by atoms with van der Waals surface area (Å²) in [4.78, 5) is 24.3. The van der Waals surface area contributed by atoms with E-state index in [-0.39, 0.29) is 29.5 Å². The van der Waals surface area contributed by atoms with Crippen LogP contribution in [-0.2, 0) is 16.1 Å². The molecule has 0 heterocycles. The third kappa shape index (κ3) is 3.98. The molecule has 0 aromatic heterocycles. The second-order valence-corrected chi connectivity index (χ2v) is 6.15. The molecule has 24 heavy (non-hydrogen) atoms. The second kappa shape index (κ2) is 6.83. The first-order chi connectivity index (χ1) is 11.5. The Morgan fingerprint density at radius 2 is 1.79 bits per heavy atom. The Bertz CT molecular complexity index is 758. The van der Waals surface area contributed by atoms with Crippen molar-refractivity contribution < 1.29 is 14.0 Å². The molecular formula is C19H19FN2O2. The van der Waals surface area contributed by atoms with E-state index in [0.29, 0.717) is 13.0 Å². The predicted molar refractivity (Wildman–Crippen MR) is 89.7 cm³/mol. The molecular weight excluding hydrogens is 307 g/mol. The number of hydrogen-bond donors (Lipinski definition) is 2. The fourth-order valence-electron chi connectivity index (χ4n) is 2.65. The zero-order valence-corrected chi connectivity index (χ0v) is 13.4. The van der Waals surface area contributed by atoms with Crippen molar-refractivity contribution >= 4 is 17.5 Å². The molecule has 3 rings (SSSR count). The van der Waals surface area contributed by atoms with Crippen LogP contribution < -0.4 is 10.6 Å². The fourth-order valence-corrected chi connectivity index (χ4v) is 2.65. The van der Waals surface area contributed by atoms with Gasteiger partial charge in [-0.1, -0.05) is 24.3 Å². The third-order valence-electron chi connectivity index (χ3n) is 4.13. The van der Waals surface area contributed by atoms with Crippen molar-refractivity contribution in [1.82, 2.24) is 5.32 Å². The molecule has 1 aliphatic rings. The van der Waals surface area contributed by atoms with Gasteiger partial charge in [-0.05, 0) is 48.7 Å². The van der Waals surface area contributed by atoms with Crippen LogP contribution >= 0.6 is 0 Å². The smallest absolute Gasteiger partial charge is 0.228 e. The van der Waals surface area contributed by atoms with E-state index in [9.17, 15) is 14.0 Å². The highest BCUT2D eigenvalue weighted by molar-refractivity contribution is 5.99. The van der Waals surface area contributed by atoms with Crippen LogP contribution in [-0.4, -0.2) is 11.8 Å². The maximum absolute atomic E-state index is 12.8. The Kier molecular flexibility index (Phi) is 4.60. The Morgan fingerprint density at radius 3 is 2.50 bits per heavy atom. The summed E-state index contributed by atoms with van der Waals surface area (Å²) in [5.41, 5.74) is 2.64. The predicted octanol–water partition coefficient (Wildman–Crippen LogP) is 3.03. The molecule has 124 valence electrons. The number of carbonyl (C=O) groups excluding carboxylic acids is 2. The van der Waals surface area contributed by atoms with Gasteiger partial charge in [0.1, 0.15) is 5.82 Å². The summed E-state index contributed by atoms with van der Waals surface area (Å²) < 4.78 is 12.8. The van der Waals surface area contributed by atoms with Crippen molar-refractivity contribution in [3.05, 3.63) is 65.5 Å². The van der Waals surface area contributed by atoms with E-state index in [4.69, 9.17) is 0 Å². The SMILES string of the molecule is Cc1cccc(NC(=O)C2CC2C(=O)NCc2ccc(F)cc2)c1. The monoisotopic (exact) mass is 326 g/mol. The molecule has 2 amide bonds. The lowest BCUT2D eigenvalue weighted by Gasteiger charge is -2.07. The lowest BCUT2D eigenvalue weighted by molar-refractivity contribution is -0.125. The molecule has 2 atom stereocenters. The summed E-state index contributed by atoms with van der Waals surface area (Å²) in [6.07, 6.45) is 0.562. The molecule has 1 fully saturated rings. The van der Waals surface area contributed by atoms with Gasteiger partial charge >= 0.3 is 0 Å². The highest BCUT2D eigenvalue weighted by Crippen LogP contribution is 2.39. The molecule has 0 bridgehead atoms. The summed E-state index contributed by atoms with van der Waals surface area (Å²) in [6.45, 7) is 2.29. The van der Waals surface area contributed by atoms with Crippen LogP contribution in [0.1, 0.15) is 17.5 Å². The number of benzene rings is 2. The van der Waals surface area contributed by atoms with Crippen LogP contribution in [0.2, 0.25) is 0 Å². The van der Waals surface area contributed by atoms with E-state index in [0.717, 1.165) is 16.8 Å². The van der Waals surface area contributed by atoms with Gasteiger partial charge in [0.25, 0.3) is 0 Å². The van der Waals surface area contributed by atoms with Crippen molar-refractivity contribution in [3.63, 3.8) is 0 Å². The van der Waals surface area contributed by atoms with Crippen molar-refractivity contribution in [2.45, 2.75) is 19.9 Å². The van der Waals surface area contributed by atoms with Gasteiger partial charge in [-0.3, -0.25) is 9.59 Å². The van der Waals surface area contributed by atoms with Gasteiger partial charge in [-0.15, -0.1) is 0 Å². The first kappa shape index (κ1) is 16.2. The Balaban J connectivity index is 1.48. The molecule has 2 aromatic carbocycles. The summed E-state index contributed by atoms with van der Waals surface area (Å²) in [5, 5.41) is 5.65. The number of anilines is 1. The summed E-state index contributed by atoms with van der Waals surface area (Å²) in [6, 6.07) is 13.5. The van der Waals surface area contributed by atoms with E-state index >= 15 is 0 Å². The molecule has 2 unspecified atom stereocenters. The number of nitrogens with one attached hydrogen (secondary N) is 2. The number of halogens is 1. The Morgan fingerprint density at radius 1 is 1.08 bits per heavy atom. The van der Waals surface area contributed by atoms with Gasteiger partial charge in [0.15, 0.2) is 0 Å². The van der Waals surface area contributed by atoms with Crippen LogP contribution in [0.4, 0.5) is 10.1 Å². The first-order valence-electron chi connectivity index (χ1n) is 7.92. The van der Waals surface area contributed by atoms with Crippen molar-refractivity contribution in [1.29, 1.82) is 0 Å². The van der Waals surface area contributed by atoms with Crippen LogP contribution in [0.3, 0.4) is 0 Å². The minimum atomic E-state index is -0.305. The average molecular weight is 326 g/mol. The van der Waals surface area contributed by atoms with Crippen LogP contribution in [0, 0.1) is 24.6 Å². The normalized spacial score (nSPS) is 18.8. The molecule has 2 N–H and O–H groups in total. The molecule has 2 aromatic rings. The lowest BCUT2D eigenvalue weighted by atomic mass is 10.2. The van der Waals surface area contributed by atoms with E-state index in [1.54, 1.807) is 12.1 Å². The quantitative estimate of drug-likeness (QED) is 0.887. The largest absolute Gasteiger partial charge is 0.352 e. The van der Waals surface area contributed by atoms with Gasteiger partial charge in [0, 0.05) is 12.2 Å². The van der Waals surface area contributed by atoms with Crippen molar-refractivity contribution in [2.24, 2.45) is 11.8 Å². The highest BCUT2D eigenvalue weighted by atomic mass is 19.1. The van der Waals surface area contributed by atoms with E-state index in [1.807, 2.05) is 31.2 Å².